The van der Waals surface area contributed by atoms with Gasteiger partial charge in [0.15, 0.2) is 0 Å². The molecule has 0 aromatic carbocycles. The number of H-pyrrole nitrogens is 1. The molecule has 0 radical (unpaired) electrons. The molecule has 2 N–H and O–H groups in total. The van der Waals surface area contributed by atoms with Gasteiger partial charge in [-0.25, -0.2) is 4.98 Å². The average molecular weight is 263 g/mol. The first-order valence-electron chi connectivity index (χ1n) is 7.31. The van der Waals surface area contributed by atoms with E-state index in [0.29, 0.717) is 6.04 Å². The third-order valence-electron chi connectivity index (χ3n) is 3.84. The first-order valence-corrected chi connectivity index (χ1v) is 7.31. The van der Waals surface area contributed by atoms with Gasteiger partial charge in [-0.2, -0.15) is 0 Å². The maximum Gasteiger partial charge on any atom is 0.252 e. The Bertz CT molecular complexity index is 471. The predicted octanol–water partition coefficient (Wildman–Crippen LogP) is 3.13. The zero-order valence-corrected chi connectivity index (χ0v) is 12.4. The Kier molecular flexibility index (Phi) is 4.27. The summed E-state index contributed by atoms with van der Waals surface area (Å²) in [4.78, 5) is 19.0. The van der Waals surface area contributed by atoms with E-state index in [1.807, 2.05) is 13.8 Å². The van der Waals surface area contributed by atoms with Gasteiger partial charge in [-0.15, -0.1) is 0 Å². The normalized spacial score (nSPS) is 27.5. The Morgan fingerprint density at radius 2 is 1.89 bits per heavy atom. The van der Waals surface area contributed by atoms with E-state index in [2.05, 4.69) is 29.1 Å². The minimum Gasteiger partial charge on any atom is -0.367 e. The molecule has 1 heterocycles. The molecule has 1 aromatic rings. The summed E-state index contributed by atoms with van der Waals surface area (Å²) in [6, 6.07) is 2.00. The van der Waals surface area contributed by atoms with E-state index in [4.69, 9.17) is 0 Å². The van der Waals surface area contributed by atoms with Crippen LogP contribution in [0.1, 0.15) is 58.7 Å². The molecule has 0 aliphatic heterocycles. The molecule has 0 spiro atoms. The Morgan fingerprint density at radius 1 is 1.26 bits per heavy atom. The molecule has 1 aliphatic carbocycles. The number of rotatable bonds is 3. The Morgan fingerprint density at radius 3 is 2.47 bits per heavy atom. The molecule has 0 amide bonds. The van der Waals surface area contributed by atoms with Crippen molar-refractivity contribution in [2.24, 2.45) is 11.8 Å². The zero-order chi connectivity index (χ0) is 14.0. The molecule has 0 bridgehead atoms. The first kappa shape index (κ1) is 14.1. The second kappa shape index (κ2) is 5.76. The van der Waals surface area contributed by atoms with E-state index in [1.165, 1.54) is 6.42 Å². The topological polar surface area (TPSA) is 57.8 Å². The van der Waals surface area contributed by atoms with Crippen LogP contribution in [0.15, 0.2) is 10.9 Å². The van der Waals surface area contributed by atoms with Crippen LogP contribution in [0, 0.1) is 11.8 Å². The zero-order valence-electron chi connectivity index (χ0n) is 12.4. The molecule has 1 aromatic heterocycles. The fourth-order valence-corrected chi connectivity index (χ4v) is 3.10. The quantitative estimate of drug-likeness (QED) is 0.881. The number of aromatic nitrogens is 2. The summed E-state index contributed by atoms with van der Waals surface area (Å²) in [6.07, 6.45) is 3.63. The van der Waals surface area contributed by atoms with Crippen molar-refractivity contribution in [3.63, 3.8) is 0 Å². The van der Waals surface area contributed by atoms with Gasteiger partial charge in [0, 0.05) is 18.0 Å². The molecule has 19 heavy (non-hydrogen) atoms. The number of anilines is 1. The predicted molar refractivity (Wildman–Crippen MR) is 78.5 cm³/mol. The minimum atomic E-state index is -0.0712. The van der Waals surface area contributed by atoms with Crippen molar-refractivity contribution in [3.05, 3.63) is 22.2 Å². The lowest BCUT2D eigenvalue weighted by Gasteiger charge is -2.32. The van der Waals surface area contributed by atoms with E-state index in [-0.39, 0.29) is 11.5 Å². The molecular weight excluding hydrogens is 238 g/mol. The van der Waals surface area contributed by atoms with Crippen LogP contribution in [0.5, 0.6) is 0 Å². The lowest BCUT2D eigenvalue weighted by Crippen LogP contribution is -2.31. The van der Waals surface area contributed by atoms with Gasteiger partial charge in [0.2, 0.25) is 0 Å². The minimum absolute atomic E-state index is 0.0712. The molecular formula is C15H25N3O. The van der Waals surface area contributed by atoms with E-state index in [0.717, 1.165) is 36.3 Å². The van der Waals surface area contributed by atoms with Crippen molar-refractivity contribution in [2.45, 2.75) is 58.9 Å². The highest BCUT2D eigenvalue weighted by Gasteiger charge is 2.24. The van der Waals surface area contributed by atoms with Gasteiger partial charge >= 0.3 is 0 Å². The number of nitrogens with zero attached hydrogens (tertiary/aromatic N) is 1. The van der Waals surface area contributed by atoms with E-state index in [9.17, 15) is 4.79 Å². The molecule has 2 atom stereocenters. The van der Waals surface area contributed by atoms with Gasteiger partial charge in [-0.3, -0.25) is 4.79 Å². The molecule has 4 nitrogen and oxygen atoms in total. The molecule has 4 heteroatoms. The van der Waals surface area contributed by atoms with E-state index in [1.54, 1.807) is 6.07 Å². The van der Waals surface area contributed by atoms with Crippen LogP contribution >= 0.6 is 0 Å². The fourth-order valence-electron chi connectivity index (χ4n) is 3.10. The highest BCUT2D eigenvalue weighted by atomic mass is 16.1. The van der Waals surface area contributed by atoms with Gasteiger partial charge in [0.25, 0.3) is 5.56 Å². The van der Waals surface area contributed by atoms with Crippen LogP contribution in [0.25, 0.3) is 0 Å². The highest BCUT2D eigenvalue weighted by Crippen LogP contribution is 2.30. The monoisotopic (exact) mass is 263 g/mol. The smallest absolute Gasteiger partial charge is 0.252 e. The van der Waals surface area contributed by atoms with Crippen LogP contribution < -0.4 is 10.9 Å². The third kappa shape index (κ3) is 3.82. The third-order valence-corrected chi connectivity index (χ3v) is 3.84. The number of hydrogen-bond donors (Lipinski definition) is 2. The van der Waals surface area contributed by atoms with E-state index >= 15 is 0 Å². The molecule has 1 fully saturated rings. The Balaban J connectivity index is 2.12. The van der Waals surface area contributed by atoms with Gasteiger partial charge in [0.05, 0.1) is 0 Å². The van der Waals surface area contributed by atoms with Crippen molar-refractivity contribution < 1.29 is 0 Å². The lowest BCUT2D eigenvalue weighted by atomic mass is 9.80. The number of hydrogen-bond acceptors (Lipinski definition) is 3. The highest BCUT2D eigenvalue weighted by molar-refractivity contribution is 5.34. The summed E-state index contributed by atoms with van der Waals surface area (Å²) < 4.78 is 0. The van der Waals surface area contributed by atoms with Crippen LogP contribution in [-0.4, -0.2) is 16.0 Å². The van der Waals surface area contributed by atoms with Crippen molar-refractivity contribution in [3.8, 4) is 0 Å². The Hall–Kier alpha value is -1.32. The summed E-state index contributed by atoms with van der Waals surface area (Å²) in [5.41, 5.74) is -0.0712. The van der Waals surface area contributed by atoms with Crippen molar-refractivity contribution in [1.29, 1.82) is 0 Å². The lowest BCUT2D eigenvalue weighted by molar-refractivity contribution is 0.280. The summed E-state index contributed by atoms with van der Waals surface area (Å²) in [6.45, 7) is 8.67. The first-order chi connectivity index (χ1) is 8.94. The second-order valence-electron chi connectivity index (χ2n) is 6.43. The van der Waals surface area contributed by atoms with Crippen LogP contribution in [0.4, 0.5) is 5.82 Å². The fraction of sp³-hybridized carbons (Fsp3) is 0.733. The number of nitrogens with one attached hydrogen (secondary N) is 2. The molecule has 0 saturated heterocycles. The van der Waals surface area contributed by atoms with E-state index < -0.39 is 0 Å². The number of aromatic amines is 1. The molecule has 1 aliphatic rings. The van der Waals surface area contributed by atoms with Crippen LogP contribution in [0.2, 0.25) is 0 Å². The SMILES string of the molecule is CC1CC(C)CC(Nc2cc(=O)[nH]c(C(C)C)n2)C1. The van der Waals surface area contributed by atoms with Crippen LogP contribution in [0.3, 0.4) is 0 Å². The summed E-state index contributed by atoms with van der Waals surface area (Å²) in [7, 11) is 0. The van der Waals surface area contributed by atoms with Crippen molar-refractivity contribution >= 4 is 5.82 Å². The maximum atomic E-state index is 11.7. The molecule has 106 valence electrons. The van der Waals surface area contributed by atoms with Gasteiger partial charge < -0.3 is 10.3 Å². The average Bonchev–Trinajstić information content (AvgIpc) is 2.26. The maximum absolute atomic E-state index is 11.7. The van der Waals surface area contributed by atoms with Crippen LogP contribution in [-0.2, 0) is 0 Å². The second-order valence-corrected chi connectivity index (χ2v) is 6.43. The Labute approximate surface area is 115 Å². The van der Waals surface area contributed by atoms with Crippen molar-refractivity contribution in [2.75, 3.05) is 5.32 Å². The largest absolute Gasteiger partial charge is 0.367 e. The molecule has 2 rings (SSSR count). The standard InChI is InChI=1S/C15H25N3O/c1-9(2)15-17-13(8-14(19)18-15)16-12-6-10(3)5-11(4)7-12/h8-12H,5-7H2,1-4H3,(H2,16,17,18,19). The summed E-state index contributed by atoms with van der Waals surface area (Å²) in [5, 5.41) is 3.45. The van der Waals surface area contributed by atoms with Gasteiger partial charge in [-0.1, -0.05) is 27.7 Å². The van der Waals surface area contributed by atoms with Crippen molar-refractivity contribution in [1.82, 2.24) is 9.97 Å². The summed E-state index contributed by atoms with van der Waals surface area (Å²) in [5.74, 6) is 3.20. The molecule has 1 saturated carbocycles. The molecule has 2 unspecified atom stereocenters. The van der Waals surface area contributed by atoms with Gasteiger partial charge in [-0.05, 0) is 31.1 Å². The summed E-state index contributed by atoms with van der Waals surface area (Å²) >= 11 is 0. The van der Waals surface area contributed by atoms with Gasteiger partial charge in [0.1, 0.15) is 11.6 Å².